The number of nitrogens with one attached hydrogen (secondary N) is 1. The first-order valence-corrected chi connectivity index (χ1v) is 5.57. The monoisotopic (exact) mass is 249 g/mol. The van der Waals surface area contributed by atoms with Crippen molar-refractivity contribution in [3.8, 4) is 0 Å². The van der Waals surface area contributed by atoms with Gasteiger partial charge in [0.1, 0.15) is 0 Å². The third-order valence-electron chi connectivity index (χ3n) is 2.39. The van der Waals surface area contributed by atoms with Gasteiger partial charge >= 0.3 is 0 Å². The minimum atomic E-state index is -0.558. The highest BCUT2D eigenvalue weighted by atomic mass is 35.5. The third kappa shape index (κ3) is 2.38. The molecule has 2 rings (SSSR count). The van der Waals surface area contributed by atoms with Gasteiger partial charge in [0.05, 0.1) is 22.3 Å². The number of nitrogens with zero attached hydrogens (tertiary/aromatic N) is 1. The average Bonchev–Trinajstić information content (AvgIpc) is 2.33. The molecule has 0 saturated carbocycles. The highest BCUT2D eigenvalue weighted by Gasteiger charge is 2.11. The van der Waals surface area contributed by atoms with Gasteiger partial charge in [0, 0.05) is 11.6 Å². The van der Waals surface area contributed by atoms with E-state index in [0.29, 0.717) is 16.2 Å². The van der Waals surface area contributed by atoms with Gasteiger partial charge in [-0.3, -0.25) is 9.78 Å². The molecule has 0 fully saturated rings. The molecule has 0 saturated heterocycles. The number of hydrogen-bond donors (Lipinski definition) is 2. The largest absolute Gasteiger partial charge is 0.324 e. The van der Waals surface area contributed by atoms with Gasteiger partial charge in [-0.25, -0.2) is 0 Å². The van der Waals surface area contributed by atoms with Crippen molar-refractivity contribution in [2.24, 2.45) is 5.73 Å². The first-order chi connectivity index (χ1) is 8.09. The fraction of sp³-hybridized carbons (Fsp3) is 0.167. The van der Waals surface area contributed by atoms with Gasteiger partial charge in [-0.15, -0.1) is 0 Å². The van der Waals surface area contributed by atoms with Crippen molar-refractivity contribution in [2.75, 3.05) is 5.32 Å². The summed E-state index contributed by atoms with van der Waals surface area (Å²) in [5.74, 6) is -0.238. The number of aromatic nitrogens is 1. The minimum absolute atomic E-state index is 0.238. The predicted octanol–water partition coefficient (Wildman–Crippen LogP) is 2.17. The maximum atomic E-state index is 11.6. The molecule has 0 bridgehead atoms. The highest BCUT2D eigenvalue weighted by molar-refractivity contribution is 6.35. The maximum Gasteiger partial charge on any atom is 0.241 e. The second kappa shape index (κ2) is 4.69. The molecule has 2 aromatic rings. The Balaban J connectivity index is 2.48. The van der Waals surface area contributed by atoms with Crippen LogP contribution in [0.1, 0.15) is 6.92 Å². The van der Waals surface area contributed by atoms with Crippen LogP contribution in [-0.2, 0) is 4.79 Å². The van der Waals surface area contributed by atoms with E-state index in [1.807, 2.05) is 6.07 Å². The number of fused-ring (bicyclic) bond motifs is 1. The van der Waals surface area contributed by atoms with Crippen LogP contribution in [0.2, 0.25) is 5.02 Å². The van der Waals surface area contributed by atoms with Crippen molar-refractivity contribution < 1.29 is 4.79 Å². The van der Waals surface area contributed by atoms with E-state index in [-0.39, 0.29) is 5.91 Å². The summed E-state index contributed by atoms with van der Waals surface area (Å²) < 4.78 is 0. The molecule has 0 aliphatic heterocycles. The summed E-state index contributed by atoms with van der Waals surface area (Å²) in [6.07, 6.45) is 1.66. The van der Waals surface area contributed by atoms with Crippen LogP contribution in [0, 0.1) is 0 Å². The molecule has 0 spiro atoms. The summed E-state index contributed by atoms with van der Waals surface area (Å²) in [5.41, 5.74) is 6.83. The third-order valence-corrected chi connectivity index (χ3v) is 2.70. The summed E-state index contributed by atoms with van der Waals surface area (Å²) >= 11 is 6.03. The molecular weight excluding hydrogens is 238 g/mol. The van der Waals surface area contributed by atoms with E-state index in [1.165, 1.54) is 0 Å². The lowest BCUT2D eigenvalue weighted by Gasteiger charge is -2.10. The van der Waals surface area contributed by atoms with Crippen molar-refractivity contribution in [1.29, 1.82) is 0 Å². The van der Waals surface area contributed by atoms with Crippen LogP contribution >= 0.6 is 11.6 Å². The van der Waals surface area contributed by atoms with E-state index in [4.69, 9.17) is 17.3 Å². The van der Waals surface area contributed by atoms with Crippen LogP contribution in [-0.4, -0.2) is 16.9 Å². The number of rotatable bonds is 2. The Morgan fingerprint density at radius 1 is 1.47 bits per heavy atom. The molecule has 0 aliphatic carbocycles. The molecule has 1 unspecified atom stereocenters. The van der Waals surface area contributed by atoms with E-state index in [9.17, 15) is 4.79 Å². The smallest absolute Gasteiger partial charge is 0.241 e. The number of nitrogens with two attached hydrogens (primary N) is 1. The van der Waals surface area contributed by atoms with Gasteiger partial charge in [0.2, 0.25) is 5.91 Å². The number of benzene rings is 1. The first kappa shape index (κ1) is 11.8. The van der Waals surface area contributed by atoms with Crippen molar-refractivity contribution >= 4 is 34.1 Å². The number of hydrogen-bond acceptors (Lipinski definition) is 3. The lowest BCUT2D eigenvalue weighted by atomic mass is 10.1. The fourth-order valence-corrected chi connectivity index (χ4v) is 1.71. The van der Waals surface area contributed by atoms with Crippen LogP contribution in [0.5, 0.6) is 0 Å². The van der Waals surface area contributed by atoms with Crippen molar-refractivity contribution in [1.82, 2.24) is 4.98 Å². The SMILES string of the molecule is CC(N)C(=O)Nc1ccc(Cl)c2ncccc12. The molecule has 5 heteroatoms. The topological polar surface area (TPSA) is 68.0 Å². The summed E-state index contributed by atoms with van der Waals surface area (Å²) in [6, 6.07) is 6.53. The zero-order valence-electron chi connectivity index (χ0n) is 9.27. The van der Waals surface area contributed by atoms with Gasteiger partial charge in [-0.1, -0.05) is 11.6 Å². The second-order valence-corrected chi connectivity index (χ2v) is 4.18. The van der Waals surface area contributed by atoms with Crippen molar-refractivity contribution in [3.63, 3.8) is 0 Å². The first-order valence-electron chi connectivity index (χ1n) is 5.19. The van der Waals surface area contributed by atoms with Crippen LogP contribution in [0.4, 0.5) is 5.69 Å². The molecule has 1 amide bonds. The number of pyridine rings is 1. The van der Waals surface area contributed by atoms with E-state index < -0.39 is 6.04 Å². The predicted molar refractivity (Wildman–Crippen MR) is 69.0 cm³/mol. The zero-order valence-corrected chi connectivity index (χ0v) is 10.0. The van der Waals surface area contributed by atoms with Crippen LogP contribution in [0.15, 0.2) is 30.5 Å². The highest BCUT2D eigenvalue weighted by Crippen LogP contribution is 2.27. The number of amides is 1. The number of halogens is 1. The lowest BCUT2D eigenvalue weighted by molar-refractivity contribution is -0.117. The molecule has 1 aromatic heterocycles. The van der Waals surface area contributed by atoms with E-state index in [0.717, 1.165) is 5.39 Å². The lowest BCUT2D eigenvalue weighted by Crippen LogP contribution is -2.32. The number of carbonyl (C=O) groups is 1. The minimum Gasteiger partial charge on any atom is -0.324 e. The molecule has 0 aliphatic rings. The van der Waals surface area contributed by atoms with Crippen molar-refractivity contribution in [3.05, 3.63) is 35.5 Å². The Morgan fingerprint density at radius 3 is 2.94 bits per heavy atom. The number of carbonyl (C=O) groups excluding carboxylic acids is 1. The Kier molecular flexibility index (Phi) is 3.26. The van der Waals surface area contributed by atoms with Crippen LogP contribution < -0.4 is 11.1 Å². The van der Waals surface area contributed by atoms with Crippen molar-refractivity contribution in [2.45, 2.75) is 13.0 Å². The number of anilines is 1. The summed E-state index contributed by atoms with van der Waals surface area (Å²) in [6.45, 7) is 1.63. The Bertz CT molecular complexity index is 569. The van der Waals surface area contributed by atoms with E-state index >= 15 is 0 Å². The Hall–Kier alpha value is -1.65. The normalized spacial score (nSPS) is 12.4. The molecular formula is C12H12ClN3O. The molecule has 0 radical (unpaired) electrons. The summed E-state index contributed by atoms with van der Waals surface area (Å²) in [5, 5.41) is 4.10. The molecule has 1 aromatic carbocycles. The standard InChI is InChI=1S/C12H12ClN3O/c1-7(14)12(17)16-10-5-4-9(13)11-8(10)3-2-6-15-11/h2-7H,14H2,1H3,(H,16,17). The quantitative estimate of drug-likeness (QED) is 0.857. The van der Waals surface area contributed by atoms with Gasteiger partial charge < -0.3 is 11.1 Å². The average molecular weight is 250 g/mol. The fourth-order valence-electron chi connectivity index (χ4n) is 1.49. The van der Waals surface area contributed by atoms with Gasteiger partial charge in [0.25, 0.3) is 0 Å². The van der Waals surface area contributed by atoms with Crippen LogP contribution in [0.25, 0.3) is 10.9 Å². The van der Waals surface area contributed by atoms with Gasteiger partial charge in [0.15, 0.2) is 0 Å². The molecule has 1 atom stereocenters. The molecule has 3 N–H and O–H groups in total. The molecule has 88 valence electrons. The van der Waals surface area contributed by atoms with Crippen LogP contribution in [0.3, 0.4) is 0 Å². The second-order valence-electron chi connectivity index (χ2n) is 3.77. The van der Waals surface area contributed by atoms with Gasteiger partial charge in [-0.05, 0) is 31.2 Å². The van der Waals surface area contributed by atoms with Gasteiger partial charge in [-0.2, -0.15) is 0 Å². The Morgan fingerprint density at radius 2 is 2.24 bits per heavy atom. The summed E-state index contributed by atoms with van der Waals surface area (Å²) in [4.78, 5) is 15.7. The Labute approximate surface area is 104 Å². The van der Waals surface area contributed by atoms with E-state index in [1.54, 1.807) is 31.3 Å². The molecule has 4 nitrogen and oxygen atoms in total. The molecule has 17 heavy (non-hydrogen) atoms. The summed E-state index contributed by atoms with van der Waals surface area (Å²) in [7, 11) is 0. The van der Waals surface area contributed by atoms with E-state index in [2.05, 4.69) is 10.3 Å². The maximum absolute atomic E-state index is 11.6. The molecule has 1 heterocycles. The zero-order chi connectivity index (χ0) is 12.4.